The third kappa shape index (κ3) is 1.87. The molecule has 1 aromatic rings. The predicted octanol–water partition coefficient (Wildman–Crippen LogP) is 2.47. The Labute approximate surface area is 97.0 Å². The normalized spacial score (nSPS) is 21.1. The molecule has 0 bridgehead atoms. The van der Waals surface area contributed by atoms with E-state index in [1.807, 2.05) is 18.2 Å². The molecule has 88 valence electrons. The van der Waals surface area contributed by atoms with E-state index < -0.39 is 0 Å². The van der Waals surface area contributed by atoms with Crippen LogP contribution in [0.3, 0.4) is 0 Å². The zero-order valence-electron chi connectivity index (χ0n) is 10.2. The van der Waals surface area contributed by atoms with Gasteiger partial charge in [0.2, 0.25) is 0 Å². The highest BCUT2D eigenvalue weighted by molar-refractivity contribution is 5.47. The van der Waals surface area contributed by atoms with E-state index in [2.05, 4.69) is 11.9 Å². The van der Waals surface area contributed by atoms with Crippen molar-refractivity contribution in [3.05, 3.63) is 23.8 Å². The quantitative estimate of drug-likeness (QED) is 0.782. The zero-order valence-corrected chi connectivity index (χ0v) is 10.2. The van der Waals surface area contributed by atoms with Crippen LogP contribution in [0.2, 0.25) is 0 Å². The lowest BCUT2D eigenvalue weighted by molar-refractivity contribution is 0.293. The first-order valence-corrected chi connectivity index (χ1v) is 5.69. The van der Waals surface area contributed by atoms with E-state index in [4.69, 9.17) is 9.47 Å². The van der Waals surface area contributed by atoms with Gasteiger partial charge in [0.1, 0.15) is 11.5 Å². The molecule has 0 saturated carbocycles. The van der Waals surface area contributed by atoms with Crippen LogP contribution in [0, 0.1) is 0 Å². The van der Waals surface area contributed by atoms with Gasteiger partial charge in [0.05, 0.1) is 19.8 Å². The summed E-state index contributed by atoms with van der Waals surface area (Å²) in [7, 11) is 5.59. The van der Waals surface area contributed by atoms with Crippen LogP contribution >= 0.6 is 0 Å². The molecule has 0 unspecified atom stereocenters. The Hall–Kier alpha value is -1.22. The number of ether oxygens (including phenoxy) is 2. The van der Waals surface area contributed by atoms with Gasteiger partial charge < -0.3 is 9.47 Å². The summed E-state index contributed by atoms with van der Waals surface area (Å²) >= 11 is 0. The molecule has 3 nitrogen and oxygen atoms in total. The number of likely N-dealkylation sites (tertiary alicyclic amines) is 1. The van der Waals surface area contributed by atoms with Crippen molar-refractivity contribution < 1.29 is 9.47 Å². The van der Waals surface area contributed by atoms with Gasteiger partial charge in [-0.3, -0.25) is 4.90 Å². The van der Waals surface area contributed by atoms with Gasteiger partial charge in [-0.25, -0.2) is 0 Å². The number of rotatable bonds is 3. The van der Waals surface area contributed by atoms with Gasteiger partial charge in [0, 0.05) is 6.04 Å². The number of hydrogen-bond donors (Lipinski definition) is 0. The van der Waals surface area contributed by atoms with Crippen molar-refractivity contribution in [2.24, 2.45) is 0 Å². The molecule has 3 heteroatoms. The van der Waals surface area contributed by atoms with Crippen LogP contribution in [0.4, 0.5) is 0 Å². The summed E-state index contributed by atoms with van der Waals surface area (Å²) in [5.74, 6) is 1.86. The van der Waals surface area contributed by atoms with Crippen molar-refractivity contribution >= 4 is 0 Å². The fourth-order valence-corrected chi connectivity index (χ4v) is 2.48. The van der Waals surface area contributed by atoms with Crippen LogP contribution in [0.25, 0.3) is 0 Å². The van der Waals surface area contributed by atoms with Crippen LogP contribution in [-0.2, 0) is 0 Å². The summed E-state index contributed by atoms with van der Waals surface area (Å²) in [6, 6.07) is 6.40. The Kier molecular flexibility index (Phi) is 3.34. The molecule has 0 radical (unpaired) electrons. The fraction of sp³-hybridized carbons (Fsp3) is 0.538. The van der Waals surface area contributed by atoms with Gasteiger partial charge in [0.15, 0.2) is 0 Å². The Morgan fingerprint density at radius 2 is 1.81 bits per heavy atom. The van der Waals surface area contributed by atoms with Crippen LogP contribution in [-0.4, -0.2) is 32.7 Å². The summed E-state index contributed by atoms with van der Waals surface area (Å²) in [6.07, 6.45) is 2.41. The number of hydrogen-bond acceptors (Lipinski definition) is 3. The number of benzene rings is 1. The third-order valence-corrected chi connectivity index (χ3v) is 3.32. The molecule has 1 aromatic carbocycles. The molecule has 0 amide bonds. The molecule has 0 aromatic heterocycles. The van der Waals surface area contributed by atoms with Crippen molar-refractivity contribution in [2.45, 2.75) is 18.9 Å². The monoisotopic (exact) mass is 221 g/mol. The number of nitrogens with zero attached hydrogens (tertiary/aromatic N) is 1. The van der Waals surface area contributed by atoms with Crippen molar-refractivity contribution in [3.8, 4) is 11.5 Å². The maximum absolute atomic E-state index is 5.44. The second kappa shape index (κ2) is 4.74. The number of methoxy groups -OCH3 is 2. The highest BCUT2D eigenvalue weighted by Gasteiger charge is 2.28. The van der Waals surface area contributed by atoms with Crippen molar-refractivity contribution in [3.63, 3.8) is 0 Å². The van der Waals surface area contributed by atoms with Crippen molar-refractivity contribution in [1.29, 1.82) is 0 Å². The van der Waals surface area contributed by atoms with E-state index in [1.165, 1.54) is 18.4 Å². The minimum Gasteiger partial charge on any atom is -0.496 e. The van der Waals surface area contributed by atoms with Crippen LogP contribution < -0.4 is 9.47 Å². The van der Waals surface area contributed by atoms with E-state index in [9.17, 15) is 0 Å². The average molecular weight is 221 g/mol. The minimum atomic E-state index is 0.422. The molecule has 2 rings (SSSR count). The molecule has 16 heavy (non-hydrogen) atoms. The molecule has 0 N–H and O–H groups in total. The van der Waals surface area contributed by atoms with Gasteiger partial charge in [-0.2, -0.15) is 0 Å². The Morgan fingerprint density at radius 1 is 1.19 bits per heavy atom. The molecule has 1 aliphatic rings. The van der Waals surface area contributed by atoms with Crippen LogP contribution in [0.15, 0.2) is 18.2 Å². The minimum absolute atomic E-state index is 0.422. The lowest BCUT2D eigenvalue weighted by Crippen LogP contribution is -2.18. The summed E-state index contributed by atoms with van der Waals surface area (Å²) in [5, 5.41) is 0. The molecule has 0 aliphatic carbocycles. The summed E-state index contributed by atoms with van der Waals surface area (Å²) < 4.78 is 10.9. The molecule has 1 fully saturated rings. The maximum Gasteiger partial charge on any atom is 0.127 e. The molecule has 1 heterocycles. The summed E-state index contributed by atoms with van der Waals surface area (Å²) in [4.78, 5) is 2.36. The first kappa shape index (κ1) is 11.3. The van der Waals surface area contributed by atoms with E-state index in [-0.39, 0.29) is 0 Å². The first-order chi connectivity index (χ1) is 7.77. The second-order valence-corrected chi connectivity index (χ2v) is 4.21. The third-order valence-electron chi connectivity index (χ3n) is 3.32. The second-order valence-electron chi connectivity index (χ2n) is 4.21. The Balaban J connectivity index is 2.43. The Bertz CT molecular complexity index is 343. The predicted molar refractivity (Wildman–Crippen MR) is 64.2 cm³/mol. The standard InChI is InChI=1S/C13H19NO2/c1-14-9-5-6-10(14)13-11(15-2)7-4-8-12(13)16-3/h4,7-8,10H,5-6,9H2,1-3H3/t10-/m0/s1. The molecule has 1 atom stereocenters. The van der Waals surface area contributed by atoms with E-state index in [0.717, 1.165) is 18.0 Å². The highest BCUT2D eigenvalue weighted by Crippen LogP contribution is 2.41. The molecule has 1 saturated heterocycles. The van der Waals surface area contributed by atoms with Gasteiger partial charge in [-0.1, -0.05) is 6.07 Å². The topological polar surface area (TPSA) is 21.7 Å². The first-order valence-electron chi connectivity index (χ1n) is 5.69. The van der Waals surface area contributed by atoms with Gasteiger partial charge in [-0.15, -0.1) is 0 Å². The summed E-state index contributed by atoms with van der Waals surface area (Å²) in [5.41, 5.74) is 1.19. The fourth-order valence-electron chi connectivity index (χ4n) is 2.48. The van der Waals surface area contributed by atoms with Gasteiger partial charge in [-0.05, 0) is 38.6 Å². The van der Waals surface area contributed by atoms with Crippen LogP contribution in [0.1, 0.15) is 24.4 Å². The molecule has 0 spiro atoms. The Morgan fingerprint density at radius 3 is 2.25 bits per heavy atom. The molecular formula is C13H19NO2. The lowest BCUT2D eigenvalue weighted by Gasteiger charge is -2.23. The van der Waals surface area contributed by atoms with E-state index in [1.54, 1.807) is 14.2 Å². The van der Waals surface area contributed by atoms with Gasteiger partial charge in [0.25, 0.3) is 0 Å². The average Bonchev–Trinajstić information content (AvgIpc) is 2.74. The van der Waals surface area contributed by atoms with Gasteiger partial charge >= 0.3 is 0 Å². The molecule has 1 aliphatic heterocycles. The lowest BCUT2D eigenvalue weighted by atomic mass is 10.0. The van der Waals surface area contributed by atoms with Crippen LogP contribution in [0.5, 0.6) is 11.5 Å². The SMILES string of the molecule is COc1cccc(OC)c1[C@@H]1CCCN1C. The zero-order chi connectivity index (χ0) is 11.5. The van der Waals surface area contributed by atoms with E-state index in [0.29, 0.717) is 6.04 Å². The maximum atomic E-state index is 5.44. The summed E-state index contributed by atoms with van der Waals surface area (Å²) in [6.45, 7) is 1.14. The largest absolute Gasteiger partial charge is 0.496 e. The molecular weight excluding hydrogens is 202 g/mol. The van der Waals surface area contributed by atoms with E-state index >= 15 is 0 Å². The van der Waals surface area contributed by atoms with Crippen molar-refractivity contribution in [2.75, 3.05) is 27.8 Å². The highest BCUT2D eigenvalue weighted by atomic mass is 16.5. The smallest absolute Gasteiger partial charge is 0.127 e. The van der Waals surface area contributed by atoms with Crippen molar-refractivity contribution in [1.82, 2.24) is 4.90 Å².